The number of hydrogen-bond acceptors (Lipinski definition) is 1. The molecule has 0 atom stereocenters. The van der Waals surface area contributed by atoms with Crippen molar-refractivity contribution < 1.29 is 17.0 Å². The number of pyridine rings is 1. The van der Waals surface area contributed by atoms with Crippen LogP contribution in [0, 0.1) is 0 Å². The van der Waals surface area contributed by atoms with E-state index in [0.29, 0.717) is 5.02 Å². The summed E-state index contributed by atoms with van der Waals surface area (Å²) in [6.07, 6.45) is 3.57. The minimum absolute atomic E-state index is 0.700. The third-order valence-corrected chi connectivity index (χ3v) is 2.34. The van der Waals surface area contributed by atoms with Crippen LogP contribution in [-0.2, 0) is 17.0 Å². The zero-order valence-electron chi connectivity index (χ0n) is 5.96. The van der Waals surface area contributed by atoms with Crippen molar-refractivity contribution in [2.75, 3.05) is 0 Å². The molecule has 0 radical (unpaired) electrons. The molecule has 0 amide bonds. The van der Waals surface area contributed by atoms with Gasteiger partial charge in [0.15, 0.2) is 0 Å². The Labute approximate surface area is 98.2 Å². The van der Waals surface area contributed by atoms with Gasteiger partial charge < -0.3 is 0 Å². The summed E-state index contributed by atoms with van der Waals surface area (Å²) >= 11 is 10.3. The third kappa shape index (κ3) is 2.42. The second kappa shape index (κ2) is 5.17. The van der Waals surface area contributed by atoms with Crippen molar-refractivity contribution >= 4 is 49.1 Å². The van der Waals surface area contributed by atoms with Crippen LogP contribution in [0.25, 0.3) is 10.2 Å². The van der Waals surface area contributed by atoms with Gasteiger partial charge in [0, 0.05) is 0 Å². The van der Waals surface area contributed by atoms with E-state index in [1.165, 1.54) is 0 Å². The molecule has 1 nitrogen and oxygen atoms in total. The molecular formula is C8H4ClINV-. The zero-order valence-corrected chi connectivity index (χ0v) is 10.3. The molecule has 0 saturated heterocycles. The van der Waals surface area contributed by atoms with Crippen molar-refractivity contribution in [3.05, 3.63) is 27.9 Å². The van der Waals surface area contributed by atoms with Crippen molar-refractivity contribution in [3.8, 4) is 0 Å². The van der Waals surface area contributed by atoms with Crippen LogP contribution in [0.4, 0.5) is 0 Å². The summed E-state index contributed by atoms with van der Waals surface area (Å²) in [5.74, 6) is 0. The van der Waals surface area contributed by atoms with Crippen molar-refractivity contribution in [3.63, 3.8) is 0 Å². The number of nitrogens with zero attached hydrogens (tertiary/aromatic N) is 1. The normalized spacial score (nSPS) is 13.4. The summed E-state index contributed by atoms with van der Waals surface area (Å²) in [5.41, 5.74) is 0. The first kappa shape index (κ1) is 10.4. The SMILES string of the molecule is Clc1ccnc(=[C-]I)/c1=C\[CH]=[V]. The molecule has 0 aliphatic heterocycles. The summed E-state index contributed by atoms with van der Waals surface area (Å²) in [4.78, 5) is 4.12. The van der Waals surface area contributed by atoms with Gasteiger partial charge in [0.25, 0.3) is 0 Å². The van der Waals surface area contributed by atoms with Gasteiger partial charge in [-0.05, 0) is 0 Å². The molecule has 12 heavy (non-hydrogen) atoms. The first-order valence-electron chi connectivity index (χ1n) is 3.11. The molecule has 1 aromatic rings. The fourth-order valence-corrected chi connectivity index (χ4v) is 1.63. The van der Waals surface area contributed by atoms with Gasteiger partial charge in [0.05, 0.1) is 0 Å². The van der Waals surface area contributed by atoms with Crippen LogP contribution in [0.3, 0.4) is 0 Å². The monoisotopic (exact) mass is 327 g/mol. The summed E-state index contributed by atoms with van der Waals surface area (Å²) in [6, 6.07) is 1.77. The molecule has 61 valence electrons. The van der Waals surface area contributed by atoms with Gasteiger partial charge in [-0.2, -0.15) is 0 Å². The molecule has 1 aromatic heterocycles. The Hall–Kier alpha value is 0.364. The fraction of sp³-hybridized carbons (Fsp3) is 0. The molecule has 0 fully saturated rings. The molecule has 0 unspecified atom stereocenters. The molecule has 0 saturated carbocycles. The Morgan fingerprint density at radius 1 is 1.67 bits per heavy atom. The maximum atomic E-state index is 5.95. The average molecular weight is 327 g/mol. The summed E-state index contributed by atoms with van der Waals surface area (Å²) in [6.45, 7) is 0. The molecule has 0 aliphatic rings. The van der Waals surface area contributed by atoms with Gasteiger partial charge in [-0.15, -0.1) is 0 Å². The van der Waals surface area contributed by atoms with Gasteiger partial charge in [-0.25, -0.2) is 0 Å². The molecule has 0 aliphatic carbocycles. The molecule has 4 heteroatoms. The first-order valence-corrected chi connectivity index (χ1v) is 5.38. The second-order valence-corrected chi connectivity index (χ2v) is 3.38. The zero-order chi connectivity index (χ0) is 8.97. The van der Waals surface area contributed by atoms with Gasteiger partial charge in [0.1, 0.15) is 0 Å². The van der Waals surface area contributed by atoms with Crippen molar-refractivity contribution in [1.82, 2.24) is 4.98 Å². The van der Waals surface area contributed by atoms with Crippen LogP contribution in [0.1, 0.15) is 0 Å². The van der Waals surface area contributed by atoms with E-state index in [1.807, 2.05) is 33.4 Å². The third-order valence-electron chi connectivity index (χ3n) is 1.27. The van der Waals surface area contributed by atoms with E-state index >= 15 is 0 Å². The molecule has 0 bridgehead atoms. The van der Waals surface area contributed by atoms with Crippen LogP contribution >= 0.6 is 34.2 Å². The number of hydrogen-bond donors (Lipinski definition) is 0. The van der Waals surface area contributed by atoms with E-state index in [2.05, 4.69) is 26.0 Å². The second-order valence-electron chi connectivity index (χ2n) is 1.97. The predicted octanol–water partition coefficient (Wildman–Crippen LogP) is 0.914. The van der Waals surface area contributed by atoms with Crippen molar-refractivity contribution in [2.24, 2.45) is 0 Å². The first-order chi connectivity index (χ1) is 5.79. The number of rotatable bonds is 1. The summed E-state index contributed by atoms with van der Waals surface area (Å²) in [5, 5.41) is 2.39. The van der Waals surface area contributed by atoms with E-state index < -0.39 is 0 Å². The van der Waals surface area contributed by atoms with E-state index in [0.717, 1.165) is 10.6 Å². The van der Waals surface area contributed by atoms with Gasteiger partial charge >= 0.3 is 98.9 Å². The molecule has 0 spiro atoms. The maximum absolute atomic E-state index is 5.95. The molecular weight excluding hydrogens is 323 g/mol. The molecule has 0 N–H and O–H groups in total. The standard InChI is InChI=1S/C8H4ClIN.V/c1-2-6-7(9)3-4-11-8(6)5-10;/h1-4H;/q-1;/b6-2-;. The van der Waals surface area contributed by atoms with Crippen molar-refractivity contribution in [2.45, 2.75) is 0 Å². The van der Waals surface area contributed by atoms with Crippen LogP contribution in [-0.4, -0.2) is 9.71 Å². The fourth-order valence-electron chi connectivity index (χ4n) is 0.758. The van der Waals surface area contributed by atoms with Crippen LogP contribution in [0.15, 0.2) is 12.3 Å². The number of aromatic nitrogens is 1. The Bertz CT molecular complexity index is 402. The van der Waals surface area contributed by atoms with E-state index in [9.17, 15) is 0 Å². The average Bonchev–Trinajstić information content (AvgIpc) is 2.09. The predicted molar refractivity (Wildman–Crippen MR) is 56.5 cm³/mol. The molecule has 0 aromatic carbocycles. The van der Waals surface area contributed by atoms with Gasteiger partial charge in [-0.3, -0.25) is 0 Å². The molecule has 1 rings (SSSR count). The summed E-state index contributed by atoms with van der Waals surface area (Å²) < 4.78 is 4.81. The Kier molecular flexibility index (Phi) is 4.50. The quantitative estimate of drug-likeness (QED) is 0.552. The van der Waals surface area contributed by atoms with E-state index in [1.54, 1.807) is 12.3 Å². The van der Waals surface area contributed by atoms with Crippen molar-refractivity contribution in [1.29, 1.82) is 0 Å². The Morgan fingerprint density at radius 2 is 2.42 bits per heavy atom. The minimum atomic E-state index is 0.700. The molecule has 1 heterocycles. The Balaban J connectivity index is 3.63. The topological polar surface area (TPSA) is 12.9 Å². The number of halogens is 2. The van der Waals surface area contributed by atoms with Crippen LogP contribution in [0.2, 0.25) is 5.02 Å². The summed E-state index contributed by atoms with van der Waals surface area (Å²) in [7, 11) is 0. The van der Waals surface area contributed by atoms with E-state index in [-0.39, 0.29) is 0 Å². The van der Waals surface area contributed by atoms with Gasteiger partial charge in [0.2, 0.25) is 0 Å². The van der Waals surface area contributed by atoms with E-state index in [4.69, 9.17) is 11.6 Å². The Morgan fingerprint density at radius 3 is 3.00 bits per heavy atom. The van der Waals surface area contributed by atoms with Crippen LogP contribution in [0.5, 0.6) is 0 Å². The van der Waals surface area contributed by atoms with Gasteiger partial charge in [-0.1, -0.05) is 0 Å². The van der Waals surface area contributed by atoms with Crippen LogP contribution < -0.4 is 10.6 Å².